The van der Waals surface area contributed by atoms with Gasteiger partial charge in [-0.1, -0.05) is 42.5 Å². The second kappa shape index (κ2) is 7.42. The molecule has 3 aromatic rings. The molecule has 0 fully saturated rings. The maximum absolute atomic E-state index is 11.5. The number of nitrogens with one attached hydrogen (secondary N) is 1. The zero-order valence-electron chi connectivity index (χ0n) is 13.2. The first-order valence-corrected chi connectivity index (χ1v) is 8.28. The van der Waals surface area contributed by atoms with Crippen molar-refractivity contribution in [3.63, 3.8) is 0 Å². The van der Waals surface area contributed by atoms with Gasteiger partial charge in [-0.2, -0.15) is 5.10 Å². The van der Waals surface area contributed by atoms with Gasteiger partial charge < -0.3 is 0 Å². The predicted molar refractivity (Wildman–Crippen MR) is 98.2 cm³/mol. The van der Waals surface area contributed by atoms with Crippen LogP contribution in [0.1, 0.15) is 5.56 Å². The van der Waals surface area contributed by atoms with Crippen LogP contribution in [0.15, 0.2) is 65.3 Å². The summed E-state index contributed by atoms with van der Waals surface area (Å²) in [5.41, 5.74) is 6.77. The number of hydrogen-bond donors (Lipinski definition) is 1. The van der Waals surface area contributed by atoms with Gasteiger partial charge in [0, 0.05) is 25.4 Å². The number of aromatic nitrogens is 2. The average Bonchev–Trinajstić information content (AvgIpc) is 2.95. The van der Waals surface area contributed by atoms with Crippen molar-refractivity contribution in [3.8, 4) is 11.3 Å². The molecule has 0 aliphatic heterocycles. The van der Waals surface area contributed by atoms with Crippen LogP contribution in [0.3, 0.4) is 0 Å². The van der Waals surface area contributed by atoms with E-state index in [1.54, 1.807) is 4.68 Å². The number of hydrazine groups is 1. The van der Waals surface area contributed by atoms with Crippen molar-refractivity contribution in [1.82, 2.24) is 15.2 Å². The third kappa shape index (κ3) is 3.72. The van der Waals surface area contributed by atoms with Crippen LogP contribution in [0.5, 0.6) is 0 Å². The van der Waals surface area contributed by atoms with Gasteiger partial charge in [-0.05, 0) is 33.6 Å². The molecule has 1 aromatic heterocycles. The SMILES string of the molecule is Cn1cc(Br)c(-c2cccc(N(C=O)NCc3ccccc3)c2)n1. The summed E-state index contributed by atoms with van der Waals surface area (Å²) in [6, 6.07) is 17.6. The Kier molecular flexibility index (Phi) is 5.08. The summed E-state index contributed by atoms with van der Waals surface area (Å²) in [7, 11) is 1.87. The van der Waals surface area contributed by atoms with E-state index >= 15 is 0 Å². The Morgan fingerprint density at radius 2 is 2.00 bits per heavy atom. The van der Waals surface area contributed by atoms with E-state index in [1.165, 1.54) is 5.01 Å². The zero-order valence-corrected chi connectivity index (χ0v) is 14.8. The van der Waals surface area contributed by atoms with Crippen molar-refractivity contribution in [1.29, 1.82) is 0 Å². The van der Waals surface area contributed by atoms with Crippen LogP contribution in [-0.4, -0.2) is 16.2 Å². The highest BCUT2D eigenvalue weighted by Crippen LogP contribution is 2.28. The number of carbonyl (C=O) groups is 1. The number of aryl methyl sites for hydroxylation is 1. The lowest BCUT2D eigenvalue weighted by molar-refractivity contribution is -0.108. The molecule has 1 amide bonds. The Morgan fingerprint density at radius 1 is 1.21 bits per heavy atom. The summed E-state index contributed by atoms with van der Waals surface area (Å²) in [5.74, 6) is 0. The largest absolute Gasteiger partial charge is 0.277 e. The Bertz CT molecular complexity index is 832. The maximum atomic E-state index is 11.5. The van der Waals surface area contributed by atoms with E-state index in [-0.39, 0.29) is 0 Å². The van der Waals surface area contributed by atoms with Gasteiger partial charge in [-0.15, -0.1) is 0 Å². The minimum atomic E-state index is 0.567. The number of halogens is 1. The fourth-order valence-corrected chi connectivity index (χ4v) is 3.02. The Labute approximate surface area is 149 Å². The van der Waals surface area contributed by atoms with Gasteiger partial charge >= 0.3 is 0 Å². The van der Waals surface area contributed by atoms with Gasteiger partial charge in [-0.3, -0.25) is 9.48 Å². The Hall–Kier alpha value is -2.44. The van der Waals surface area contributed by atoms with E-state index in [2.05, 4.69) is 26.5 Å². The summed E-state index contributed by atoms with van der Waals surface area (Å²) in [4.78, 5) is 11.5. The van der Waals surface area contributed by atoms with Crippen molar-refractivity contribution in [2.45, 2.75) is 6.54 Å². The standard InChI is InChI=1S/C18H17BrN4O/c1-22-12-17(19)18(21-22)15-8-5-9-16(10-15)23(13-24)20-11-14-6-3-2-4-7-14/h2-10,12-13,20H,11H2,1H3. The highest BCUT2D eigenvalue weighted by molar-refractivity contribution is 9.10. The van der Waals surface area contributed by atoms with Crippen LogP contribution in [-0.2, 0) is 18.4 Å². The minimum Gasteiger partial charge on any atom is -0.277 e. The molecule has 5 nitrogen and oxygen atoms in total. The van der Waals surface area contributed by atoms with E-state index in [4.69, 9.17) is 0 Å². The number of nitrogens with zero attached hydrogens (tertiary/aromatic N) is 3. The van der Waals surface area contributed by atoms with E-state index < -0.39 is 0 Å². The summed E-state index contributed by atoms with van der Waals surface area (Å²) in [6.45, 7) is 0.567. The summed E-state index contributed by atoms with van der Waals surface area (Å²) in [6.07, 6.45) is 2.67. The van der Waals surface area contributed by atoms with Crippen molar-refractivity contribution >= 4 is 28.0 Å². The zero-order chi connectivity index (χ0) is 16.9. The fraction of sp³-hybridized carbons (Fsp3) is 0.111. The molecule has 0 unspecified atom stereocenters. The van der Waals surface area contributed by atoms with Crippen molar-refractivity contribution in [2.75, 3.05) is 5.01 Å². The van der Waals surface area contributed by atoms with Gasteiger partial charge in [0.15, 0.2) is 0 Å². The smallest absolute Gasteiger partial charge is 0.228 e. The normalized spacial score (nSPS) is 10.6. The van der Waals surface area contributed by atoms with Crippen LogP contribution in [0, 0.1) is 0 Å². The fourth-order valence-electron chi connectivity index (χ4n) is 2.42. The lowest BCUT2D eigenvalue weighted by Gasteiger charge is -2.19. The maximum Gasteiger partial charge on any atom is 0.228 e. The molecule has 0 aliphatic carbocycles. The number of amides is 1. The molecule has 0 aliphatic rings. The lowest BCUT2D eigenvalue weighted by Crippen LogP contribution is -2.36. The molecule has 0 saturated carbocycles. The molecular formula is C18H17BrN4O. The Balaban J connectivity index is 1.81. The first kappa shape index (κ1) is 16.4. The first-order chi connectivity index (χ1) is 11.7. The number of hydrogen-bond acceptors (Lipinski definition) is 3. The monoisotopic (exact) mass is 384 g/mol. The highest BCUT2D eigenvalue weighted by atomic mass is 79.9. The average molecular weight is 385 g/mol. The molecule has 0 radical (unpaired) electrons. The third-order valence-electron chi connectivity index (χ3n) is 3.58. The van der Waals surface area contributed by atoms with Crippen molar-refractivity contribution in [3.05, 3.63) is 70.8 Å². The first-order valence-electron chi connectivity index (χ1n) is 7.49. The van der Waals surface area contributed by atoms with Crippen LogP contribution in [0.4, 0.5) is 5.69 Å². The molecule has 0 atom stereocenters. The molecule has 1 N–H and O–H groups in total. The molecule has 0 spiro atoms. The number of carbonyl (C=O) groups excluding carboxylic acids is 1. The van der Waals surface area contributed by atoms with E-state index in [0.29, 0.717) is 6.54 Å². The Morgan fingerprint density at radius 3 is 2.67 bits per heavy atom. The van der Waals surface area contributed by atoms with Crippen molar-refractivity contribution < 1.29 is 4.79 Å². The minimum absolute atomic E-state index is 0.567. The van der Waals surface area contributed by atoms with Crippen LogP contribution >= 0.6 is 15.9 Å². The van der Waals surface area contributed by atoms with Gasteiger partial charge in [0.05, 0.1) is 10.2 Å². The summed E-state index contributed by atoms with van der Waals surface area (Å²) in [5, 5.41) is 5.92. The van der Waals surface area contributed by atoms with Crippen LogP contribution in [0.25, 0.3) is 11.3 Å². The third-order valence-corrected chi connectivity index (χ3v) is 4.16. The lowest BCUT2D eigenvalue weighted by atomic mass is 10.1. The van der Waals surface area contributed by atoms with E-state index in [9.17, 15) is 4.79 Å². The van der Waals surface area contributed by atoms with E-state index in [1.807, 2.05) is 67.8 Å². The number of rotatable bonds is 6. The van der Waals surface area contributed by atoms with Gasteiger partial charge in [0.1, 0.15) is 5.69 Å². The van der Waals surface area contributed by atoms with Crippen LogP contribution in [0.2, 0.25) is 0 Å². The van der Waals surface area contributed by atoms with Gasteiger partial charge in [0.2, 0.25) is 6.41 Å². The molecule has 1 heterocycles. The van der Waals surface area contributed by atoms with Gasteiger partial charge in [-0.25, -0.2) is 10.4 Å². The molecule has 3 rings (SSSR count). The molecule has 122 valence electrons. The quantitative estimate of drug-likeness (QED) is 0.522. The molecule has 0 saturated heterocycles. The summed E-state index contributed by atoms with van der Waals surface area (Å²) >= 11 is 3.51. The molecular weight excluding hydrogens is 368 g/mol. The van der Waals surface area contributed by atoms with Crippen molar-refractivity contribution in [2.24, 2.45) is 7.05 Å². The number of anilines is 1. The van der Waals surface area contributed by atoms with E-state index in [0.717, 1.165) is 33.4 Å². The molecule has 24 heavy (non-hydrogen) atoms. The highest BCUT2D eigenvalue weighted by Gasteiger charge is 2.11. The molecule has 6 heteroatoms. The summed E-state index contributed by atoms with van der Waals surface area (Å²) < 4.78 is 2.66. The molecule has 0 bridgehead atoms. The van der Waals surface area contributed by atoms with Gasteiger partial charge in [0.25, 0.3) is 0 Å². The number of benzene rings is 2. The predicted octanol–water partition coefficient (Wildman–Crippen LogP) is 3.52. The second-order valence-corrected chi connectivity index (χ2v) is 6.20. The van der Waals surface area contributed by atoms with Crippen LogP contribution < -0.4 is 10.4 Å². The second-order valence-electron chi connectivity index (χ2n) is 5.35. The topological polar surface area (TPSA) is 50.2 Å². The molecule has 2 aromatic carbocycles.